The lowest BCUT2D eigenvalue weighted by Gasteiger charge is -2.16. The van der Waals surface area contributed by atoms with Gasteiger partial charge in [-0.25, -0.2) is 0 Å². The molecule has 1 aromatic carbocycles. The molecule has 0 aliphatic rings. The van der Waals surface area contributed by atoms with Crippen molar-refractivity contribution in [3.05, 3.63) is 29.8 Å². The number of hydrogen-bond donors (Lipinski definition) is 1. The summed E-state index contributed by atoms with van der Waals surface area (Å²) < 4.78 is 5.67. The van der Waals surface area contributed by atoms with Gasteiger partial charge in [-0.3, -0.25) is 4.79 Å². The molecule has 118 valence electrons. The summed E-state index contributed by atoms with van der Waals surface area (Å²) >= 11 is 0. The van der Waals surface area contributed by atoms with Crippen molar-refractivity contribution in [2.45, 2.75) is 39.2 Å². The summed E-state index contributed by atoms with van der Waals surface area (Å²) in [5, 5.41) is 3.46. The molecular formula is C17H28N2O2. The summed E-state index contributed by atoms with van der Waals surface area (Å²) in [5.41, 5.74) is 1.29. The second kappa shape index (κ2) is 9.40. The van der Waals surface area contributed by atoms with Gasteiger partial charge in [-0.05, 0) is 37.1 Å². The maximum absolute atomic E-state index is 11.4. The Balaban J connectivity index is 2.39. The van der Waals surface area contributed by atoms with Crippen LogP contribution in [0.1, 0.15) is 44.7 Å². The Morgan fingerprint density at radius 1 is 1.24 bits per heavy atom. The Morgan fingerprint density at radius 2 is 1.90 bits per heavy atom. The van der Waals surface area contributed by atoms with Crippen molar-refractivity contribution < 1.29 is 9.53 Å². The van der Waals surface area contributed by atoms with Gasteiger partial charge >= 0.3 is 0 Å². The van der Waals surface area contributed by atoms with Crippen LogP contribution in [0.3, 0.4) is 0 Å². The third-order valence-corrected chi connectivity index (χ3v) is 3.44. The van der Waals surface area contributed by atoms with Gasteiger partial charge in [0.25, 0.3) is 0 Å². The van der Waals surface area contributed by atoms with Crippen LogP contribution in [-0.2, 0) is 4.79 Å². The van der Waals surface area contributed by atoms with Gasteiger partial charge in [0.2, 0.25) is 5.91 Å². The molecule has 1 atom stereocenters. The Kier molecular flexibility index (Phi) is 7.83. The van der Waals surface area contributed by atoms with Crippen LogP contribution in [0, 0.1) is 0 Å². The molecule has 0 heterocycles. The smallest absolute Gasteiger partial charge is 0.222 e. The molecule has 0 saturated carbocycles. The Bertz CT molecular complexity index is 415. The third kappa shape index (κ3) is 6.17. The van der Waals surface area contributed by atoms with E-state index in [1.165, 1.54) is 5.56 Å². The molecule has 21 heavy (non-hydrogen) atoms. The number of nitrogens with one attached hydrogen (secondary N) is 1. The van der Waals surface area contributed by atoms with Crippen molar-refractivity contribution in [3.8, 4) is 5.75 Å². The van der Waals surface area contributed by atoms with Gasteiger partial charge < -0.3 is 15.0 Å². The maximum atomic E-state index is 11.4. The molecule has 1 amide bonds. The van der Waals surface area contributed by atoms with Crippen molar-refractivity contribution >= 4 is 5.91 Å². The lowest BCUT2D eigenvalue weighted by molar-refractivity contribution is -0.128. The summed E-state index contributed by atoms with van der Waals surface area (Å²) in [6.07, 6.45) is 2.35. The molecule has 4 heteroatoms. The topological polar surface area (TPSA) is 41.6 Å². The zero-order chi connectivity index (χ0) is 15.7. The van der Waals surface area contributed by atoms with Gasteiger partial charge in [-0.15, -0.1) is 0 Å². The minimum atomic E-state index is 0.144. The van der Waals surface area contributed by atoms with E-state index in [-0.39, 0.29) is 5.91 Å². The van der Waals surface area contributed by atoms with Gasteiger partial charge in [0, 0.05) is 26.6 Å². The number of rotatable bonds is 9. The Hall–Kier alpha value is -1.55. The third-order valence-electron chi connectivity index (χ3n) is 3.44. The lowest BCUT2D eigenvalue weighted by Crippen LogP contribution is -2.21. The zero-order valence-corrected chi connectivity index (χ0v) is 13.7. The molecule has 4 nitrogen and oxygen atoms in total. The van der Waals surface area contributed by atoms with Gasteiger partial charge in [0.1, 0.15) is 5.75 Å². The highest BCUT2D eigenvalue weighted by atomic mass is 16.5. The molecule has 1 aromatic rings. The molecule has 0 bridgehead atoms. The van der Waals surface area contributed by atoms with Crippen LogP contribution in [0.4, 0.5) is 0 Å². The van der Waals surface area contributed by atoms with Crippen LogP contribution < -0.4 is 10.1 Å². The molecule has 1 unspecified atom stereocenters. The number of benzene rings is 1. The number of nitrogens with zero attached hydrogens (tertiary/aromatic N) is 1. The van der Waals surface area contributed by atoms with Gasteiger partial charge in [0.05, 0.1) is 6.61 Å². The highest BCUT2D eigenvalue weighted by Crippen LogP contribution is 2.20. The second-order valence-electron chi connectivity index (χ2n) is 5.33. The van der Waals surface area contributed by atoms with Crippen LogP contribution in [0.15, 0.2) is 24.3 Å². The fourth-order valence-corrected chi connectivity index (χ4v) is 2.18. The minimum Gasteiger partial charge on any atom is -0.494 e. The van der Waals surface area contributed by atoms with Crippen LogP contribution >= 0.6 is 0 Å². The summed E-state index contributed by atoms with van der Waals surface area (Å²) in [4.78, 5) is 13.0. The quantitative estimate of drug-likeness (QED) is 0.711. The van der Waals surface area contributed by atoms with Crippen molar-refractivity contribution in [2.75, 3.05) is 27.2 Å². The normalized spacial score (nSPS) is 12.0. The molecule has 1 rings (SSSR count). The van der Waals surface area contributed by atoms with Gasteiger partial charge in [0.15, 0.2) is 0 Å². The van der Waals surface area contributed by atoms with E-state index >= 15 is 0 Å². The van der Waals surface area contributed by atoms with E-state index in [0.717, 1.165) is 25.1 Å². The number of ether oxygens (including phenoxy) is 1. The van der Waals surface area contributed by atoms with E-state index in [1.807, 2.05) is 12.1 Å². The monoisotopic (exact) mass is 292 g/mol. The van der Waals surface area contributed by atoms with Crippen molar-refractivity contribution in [1.82, 2.24) is 10.2 Å². The fraction of sp³-hybridized carbons (Fsp3) is 0.588. The summed E-state index contributed by atoms with van der Waals surface area (Å²) in [6.45, 7) is 5.84. The van der Waals surface area contributed by atoms with E-state index in [0.29, 0.717) is 19.1 Å². The average molecular weight is 292 g/mol. The first-order chi connectivity index (χ1) is 10.1. The van der Waals surface area contributed by atoms with Gasteiger partial charge in [-0.1, -0.05) is 26.0 Å². The second-order valence-corrected chi connectivity index (χ2v) is 5.33. The van der Waals surface area contributed by atoms with Crippen molar-refractivity contribution in [2.24, 2.45) is 0 Å². The molecule has 0 radical (unpaired) electrons. The van der Waals surface area contributed by atoms with Crippen LogP contribution in [0.5, 0.6) is 5.75 Å². The molecule has 0 fully saturated rings. The van der Waals surface area contributed by atoms with E-state index < -0.39 is 0 Å². The summed E-state index contributed by atoms with van der Waals surface area (Å²) in [7, 11) is 3.55. The maximum Gasteiger partial charge on any atom is 0.222 e. The van der Waals surface area contributed by atoms with Gasteiger partial charge in [-0.2, -0.15) is 0 Å². The molecule has 0 aromatic heterocycles. The summed E-state index contributed by atoms with van der Waals surface area (Å²) in [6, 6.07) is 8.63. The number of carbonyl (C=O) groups excluding carboxylic acids is 1. The minimum absolute atomic E-state index is 0.144. The molecule has 0 saturated heterocycles. The Morgan fingerprint density at radius 3 is 2.43 bits per heavy atom. The lowest BCUT2D eigenvalue weighted by atomic mass is 10.0. The highest BCUT2D eigenvalue weighted by Gasteiger charge is 2.07. The van der Waals surface area contributed by atoms with Crippen LogP contribution in [-0.4, -0.2) is 38.1 Å². The van der Waals surface area contributed by atoms with E-state index in [2.05, 4.69) is 31.3 Å². The molecule has 0 spiro atoms. The predicted molar refractivity (Wildman–Crippen MR) is 86.6 cm³/mol. The summed E-state index contributed by atoms with van der Waals surface area (Å²) in [5.74, 6) is 1.01. The average Bonchev–Trinajstić information content (AvgIpc) is 2.49. The SMILES string of the molecule is CCNC(CC)c1ccc(OCCCC(=O)N(C)C)cc1. The van der Waals surface area contributed by atoms with E-state index in [4.69, 9.17) is 4.74 Å². The molecular weight excluding hydrogens is 264 g/mol. The standard InChI is InChI=1S/C17H28N2O2/c1-5-16(18-6-2)14-9-11-15(12-10-14)21-13-7-8-17(20)19(3)4/h9-12,16,18H,5-8,13H2,1-4H3. The fourth-order valence-electron chi connectivity index (χ4n) is 2.18. The van der Waals surface area contributed by atoms with Crippen molar-refractivity contribution in [1.29, 1.82) is 0 Å². The molecule has 1 N–H and O–H groups in total. The largest absolute Gasteiger partial charge is 0.494 e. The number of hydrogen-bond acceptors (Lipinski definition) is 3. The molecule has 0 aliphatic carbocycles. The van der Waals surface area contributed by atoms with Crippen LogP contribution in [0.25, 0.3) is 0 Å². The van der Waals surface area contributed by atoms with E-state index in [9.17, 15) is 4.79 Å². The Labute approximate surface area is 128 Å². The predicted octanol–water partition coefficient (Wildman–Crippen LogP) is 2.99. The molecule has 0 aliphatic heterocycles. The highest BCUT2D eigenvalue weighted by molar-refractivity contribution is 5.75. The van der Waals surface area contributed by atoms with E-state index in [1.54, 1.807) is 19.0 Å². The van der Waals surface area contributed by atoms with Crippen LogP contribution in [0.2, 0.25) is 0 Å². The first-order valence-electron chi connectivity index (χ1n) is 7.74. The first kappa shape index (κ1) is 17.5. The van der Waals surface area contributed by atoms with Crippen molar-refractivity contribution in [3.63, 3.8) is 0 Å². The zero-order valence-electron chi connectivity index (χ0n) is 13.7. The number of carbonyl (C=O) groups is 1. The number of amides is 1. The first-order valence-corrected chi connectivity index (χ1v) is 7.74.